The molecule has 2 heterocycles. The van der Waals surface area contributed by atoms with Gasteiger partial charge in [-0.3, -0.25) is 4.68 Å². The highest BCUT2D eigenvalue weighted by Crippen LogP contribution is 2.33. The maximum Gasteiger partial charge on any atom is 0.416 e. The lowest BCUT2D eigenvalue weighted by molar-refractivity contribution is -0.137. The van der Waals surface area contributed by atoms with Crippen LogP contribution in [-0.2, 0) is 23.2 Å². The van der Waals surface area contributed by atoms with Crippen LogP contribution < -0.4 is 5.14 Å². The van der Waals surface area contributed by atoms with E-state index >= 15 is 0 Å². The zero-order valence-corrected chi connectivity index (χ0v) is 14.6. The van der Waals surface area contributed by atoms with E-state index in [0.717, 1.165) is 17.5 Å². The molecule has 26 heavy (non-hydrogen) atoms. The van der Waals surface area contributed by atoms with Crippen LogP contribution in [0.4, 0.5) is 13.2 Å². The van der Waals surface area contributed by atoms with E-state index in [1.807, 2.05) is 0 Å². The topological polar surface area (TPSA) is 82.9 Å². The third kappa shape index (κ3) is 3.37. The number of nitrogens with zero attached hydrogens (tertiary/aromatic N) is 3. The molecule has 0 amide bonds. The van der Waals surface area contributed by atoms with Crippen molar-refractivity contribution in [1.82, 2.24) is 14.3 Å². The number of fused-ring (bicyclic) bond motifs is 1. The number of rotatable bonds is 3. The molecule has 2 N–H and O–H groups in total. The van der Waals surface area contributed by atoms with E-state index in [1.54, 1.807) is 26.2 Å². The summed E-state index contributed by atoms with van der Waals surface area (Å²) in [6.45, 7) is 1.67. The van der Waals surface area contributed by atoms with Crippen molar-refractivity contribution < 1.29 is 21.6 Å². The van der Waals surface area contributed by atoms with E-state index in [4.69, 9.17) is 5.14 Å². The molecule has 0 spiro atoms. The van der Waals surface area contributed by atoms with Crippen LogP contribution in [0.1, 0.15) is 16.8 Å². The average Bonchev–Trinajstić information content (AvgIpc) is 3.03. The first-order valence-electron chi connectivity index (χ1n) is 7.40. The standard InChI is InChI=1S/C16H15F3N4O2S/c1-10-13(6-8-26(20,24)25)15(22(2)21-10)23-7-5-11-3-4-12(9-14(11)23)16(17,18)19/h3-9H,1-2H3,(H2,20,24,25). The molecule has 0 aliphatic carbocycles. The second-order valence-corrected chi connectivity index (χ2v) is 7.25. The minimum Gasteiger partial charge on any atom is -0.301 e. The van der Waals surface area contributed by atoms with Crippen molar-refractivity contribution in [2.24, 2.45) is 12.2 Å². The minimum atomic E-state index is -4.47. The predicted molar refractivity (Wildman–Crippen MR) is 91.9 cm³/mol. The number of benzene rings is 1. The number of halogens is 3. The van der Waals surface area contributed by atoms with Crippen LogP contribution in [0.25, 0.3) is 22.8 Å². The molecule has 138 valence electrons. The van der Waals surface area contributed by atoms with Crippen LogP contribution in [0.3, 0.4) is 0 Å². The Morgan fingerprint density at radius 2 is 1.92 bits per heavy atom. The van der Waals surface area contributed by atoms with Gasteiger partial charge in [0.1, 0.15) is 5.82 Å². The highest BCUT2D eigenvalue weighted by atomic mass is 32.2. The number of hydrogen-bond acceptors (Lipinski definition) is 3. The van der Waals surface area contributed by atoms with Gasteiger partial charge in [-0.05, 0) is 31.2 Å². The SMILES string of the molecule is Cc1nn(C)c(-n2ccc3ccc(C(F)(F)F)cc32)c1C=CS(N)(=O)=O. The summed E-state index contributed by atoms with van der Waals surface area (Å²) < 4.78 is 64.6. The first kappa shape index (κ1) is 18.2. The van der Waals surface area contributed by atoms with Gasteiger partial charge in [0.25, 0.3) is 0 Å². The molecule has 0 bridgehead atoms. The van der Waals surface area contributed by atoms with E-state index < -0.39 is 21.8 Å². The largest absolute Gasteiger partial charge is 0.416 e. The van der Waals surface area contributed by atoms with Gasteiger partial charge in [0.15, 0.2) is 0 Å². The maximum atomic E-state index is 13.1. The van der Waals surface area contributed by atoms with Crippen molar-refractivity contribution in [2.45, 2.75) is 13.1 Å². The van der Waals surface area contributed by atoms with Crippen LogP contribution >= 0.6 is 0 Å². The molecule has 3 aromatic rings. The van der Waals surface area contributed by atoms with Gasteiger partial charge in [0.2, 0.25) is 10.0 Å². The lowest BCUT2D eigenvalue weighted by Gasteiger charge is -2.10. The fraction of sp³-hybridized carbons (Fsp3) is 0.188. The van der Waals surface area contributed by atoms with Crippen LogP contribution in [-0.4, -0.2) is 22.8 Å². The molecule has 2 aromatic heterocycles. The Balaban J connectivity index is 2.26. The van der Waals surface area contributed by atoms with E-state index in [2.05, 4.69) is 5.10 Å². The van der Waals surface area contributed by atoms with E-state index in [-0.39, 0.29) is 0 Å². The summed E-state index contributed by atoms with van der Waals surface area (Å²) >= 11 is 0. The van der Waals surface area contributed by atoms with Crippen LogP contribution in [0.5, 0.6) is 0 Å². The van der Waals surface area contributed by atoms with Gasteiger partial charge < -0.3 is 4.57 Å². The monoisotopic (exact) mass is 384 g/mol. The maximum absolute atomic E-state index is 13.1. The summed E-state index contributed by atoms with van der Waals surface area (Å²) in [5.74, 6) is 0.428. The smallest absolute Gasteiger partial charge is 0.301 e. The molecule has 1 aromatic carbocycles. The van der Waals surface area contributed by atoms with Gasteiger partial charge in [-0.25, -0.2) is 13.6 Å². The van der Waals surface area contributed by atoms with Crippen molar-refractivity contribution in [3.05, 3.63) is 52.7 Å². The first-order valence-corrected chi connectivity index (χ1v) is 9.01. The number of nitrogens with two attached hydrogens (primary N) is 1. The lowest BCUT2D eigenvalue weighted by atomic mass is 10.1. The molecule has 10 heteroatoms. The summed E-state index contributed by atoms with van der Waals surface area (Å²) in [6.07, 6.45) is -1.58. The van der Waals surface area contributed by atoms with Crippen molar-refractivity contribution in [2.75, 3.05) is 0 Å². The Hall–Kier alpha value is -2.59. The Morgan fingerprint density at radius 1 is 1.23 bits per heavy atom. The second-order valence-electron chi connectivity index (χ2n) is 5.80. The fourth-order valence-electron chi connectivity index (χ4n) is 2.80. The lowest BCUT2D eigenvalue weighted by Crippen LogP contribution is -2.08. The summed E-state index contributed by atoms with van der Waals surface area (Å²) in [5, 5.41) is 10.7. The summed E-state index contributed by atoms with van der Waals surface area (Å²) in [7, 11) is -2.24. The molecule has 0 saturated heterocycles. The number of alkyl halides is 3. The highest BCUT2D eigenvalue weighted by Gasteiger charge is 2.31. The molecule has 0 atom stereocenters. The molecule has 0 fully saturated rings. The number of aryl methyl sites for hydroxylation is 2. The van der Waals surface area contributed by atoms with Gasteiger partial charge >= 0.3 is 6.18 Å². The fourth-order valence-corrected chi connectivity index (χ4v) is 3.12. The molecular weight excluding hydrogens is 369 g/mol. The number of primary sulfonamides is 1. The normalized spacial score (nSPS) is 13.2. The number of aromatic nitrogens is 3. The van der Waals surface area contributed by atoms with E-state index in [1.165, 1.54) is 21.4 Å². The van der Waals surface area contributed by atoms with Crippen LogP contribution in [0.2, 0.25) is 0 Å². The van der Waals surface area contributed by atoms with Crippen LogP contribution in [0.15, 0.2) is 35.9 Å². The van der Waals surface area contributed by atoms with Gasteiger partial charge in [0.05, 0.1) is 16.8 Å². The van der Waals surface area contributed by atoms with Gasteiger partial charge in [-0.2, -0.15) is 18.3 Å². The molecule has 6 nitrogen and oxygen atoms in total. The third-order valence-corrected chi connectivity index (χ3v) is 4.43. The zero-order valence-electron chi connectivity index (χ0n) is 13.8. The molecule has 0 aliphatic rings. The molecule has 0 unspecified atom stereocenters. The molecule has 0 radical (unpaired) electrons. The van der Waals surface area contributed by atoms with Crippen molar-refractivity contribution in [3.8, 4) is 5.82 Å². The highest BCUT2D eigenvalue weighted by molar-refractivity contribution is 7.92. The summed E-state index contributed by atoms with van der Waals surface area (Å²) in [5.41, 5.74) is 0.506. The summed E-state index contributed by atoms with van der Waals surface area (Å²) in [6, 6.07) is 5.12. The molecular formula is C16H15F3N4O2S. The first-order chi connectivity index (χ1) is 12.0. The summed E-state index contributed by atoms with van der Waals surface area (Å²) in [4.78, 5) is 0. The minimum absolute atomic E-state index is 0.327. The Kier molecular flexibility index (Phi) is 4.20. The van der Waals surface area contributed by atoms with Gasteiger partial charge in [0, 0.05) is 29.6 Å². The Morgan fingerprint density at radius 3 is 2.54 bits per heavy atom. The Bertz CT molecular complexity index is 1120. The second kappa shape index (κ2) is 5.99. The van der Waals surface area contributed by atoms with E-state index in [0.29, 0.717) is 28.0 Å². The predicted octanol–water partition coefficient (Wildman–Crippen LogP) is 2.95. The van der Waals surface area contributed by atoms with Gasteiger partial charge in [-0.1, -0.05) is 6.07 Å². The molecule has 3 rings (SSSR count). The Labute approximate surface area is 147 Å². The third-order valence-electron chi connectivity index (χ3n) is 3.91. The zero-order chi connectivity index (χ0) is 19.3. The quantitative estimate of drug-likeness (QED) is 0.754. The van der Waals surface area contributed by atoms with Crippen molar-refractivity contribution >= 4 is 27.0 Å². The van der Waals surface area contributed by atoms with Crippen molar-refractivity contribution in [1.29, 1.82) is 0 Å². The average molecular weight is 384 g/mol. The number of sulfonamides is 1. The molecule has 0 saturated carbocycles. The van der Waals surface area contributed by atoms with Gasteiger partial charge in [-0.15, -0.1) is 0 Å². The van der Waals surface area contributed by atoms with Crippen molar-refractivity contribution in [3.63, 3.8) is 0 Å². The van der Waals surface area contributed by atoms with Crippen LogP contribution in [0, 0.1) is 6.92 Å². The number of hydrogen-bond donors (Lipinski definition) is 1. The molecule has 0 aliphatic heterocycles. The van der Waals surface area contributed by atoms with E-state index in [9.17, 15) is 21.6 Å².